The van der Waals surface area contributed by atoms with E-state index in [1.165, 1.54) is 43.5 Å². The third kappa shape index (κ3) is 4.48. The molecule has 1 saturated heterocycles. The van der Waals surface area contributed by atoms with Gasteiger partial charge in [-0.25, -0.2) is 13.8 Å². The minimum absolute atomic E-state index is 0.0178. The van der Waals surface area contributed by atoms with Crippen LogP contribution in [-0.2, 0) is 23.6 Å². The average molecular weight is 535 g/mol. The Hall–Kier alpha value is -3.63. The first-order chi connectivity index (χ1) is 18.0. The number of rotatable bonds is 8. The van der Waals surface area contributed by atoms with Crippen LogP contribution in [0.25, 0.3) is 0 Å². The Balaban J connectivity index is 1.80. The van der Waals surface area contributed by atoms with E-state index in [1.54, 1.807) is 0 Å². The van der Waals surface area contributed by atoms with E-state index in [1.807, 2.05) is 4.98 Å². The van der Waals surface area contributed by atoms with Crippen LogP contribution in [0.3, 0.4) is 0 Å². The van der Waals surface area contributed by atoms with Crippen molar-refractivity contribution < 1.29 is 44.6 Å². The fraction of sp³-hybridized carbons (Fsp3) is 0.333. The quantitative estimate of drug-likeness (QED) is 0.137. The molecule has 0 spiro atoms. The summed E-state index contributed by atoms with van der Waals surface area (Å²) in [5, 5.41) is 64.3. The van der Waals surface area contributed by atoms with Crippen molar-refractivity contribution in [1.29, 1.82) is 0 Å². The third-order valence-corrected chi connectivity index (χ3v) is 6.39. The van der Waals surface area contributed by atoms with Gasteiger partial charge in [-0.3, -0.25) is 9.78 Å². The summed E-state index contributed by atoms with van der Waals surface area (Å²) >= 11 is 0. The molecule has 0 unspecified atom stereocenters. The number of aromatic amines is 1. The fourth-order valence-corrected chi connectivity index (χ4v) is 4.33. The van der Waals surface area contributed by atoms with Crippen molar-refractivity contribution in [2.75, 3.05) is 13.7 Å². The van der Waals surface area contributed by atoms with Crippen molar-refractivity contribution in [2.45, 2.75) is 36.8 Å². The van der Waals surface area contributed by atoms with E-state index in [2.05, 4.69) is 0 Å². The Morgan fingerprint density at radius 2 is 1.89 bits per heavy atom. The predicted octanol–water partition coefficient (Wildman–Crippen LogP) is -1.08. The number of aromatic hydroxyl groups is 1. The van der Waals surface area contributed by atoms with Crippen LogP contribution in [0.4, 0.5) is 4.39 Å². The molecule has 2 aromatic carbocycles. The van der Waals surface area contributed by atoms with E-state index in [4.69, 9.17) is 9.47 Å². The standard InChI is InChI=1S/C24H26FN3O10/c1-37-18-8-13(6-7-17(18)30)10-28(36)23(34)20(31)19(12-29)38-24(23,35)27-11-15(21(32)26-22(27)33)9-14-4-2-3-5-16(14)25/h2-8,11,19-20,29-31,34-36H,9-10,12H2,1H3,(H,26,32,33)/t19-,20-,23-,24-/m1/s1. The molecule has 13 nitrogen and oxygen atoms in total. The molecule has 4 rings (SSSR count). The first-order valence-electron chi connectivity index (χ1n) is 11.3. The van der Waals surface area contributed by atoms with Crippen LogP contribution in [0.5, 0.6) is 11.5 Å². The number of ether oxygens (including phenoxy) is 2. The highest BCUT2D eigenvalue weighted by Crippen LogP contribution is 2.43. The van der Waals surface area contributed by atoms with Gasteiger partial charge in [0.05, 0.1) is 20.3 Å². The molecule has 0 bridgehead atoms. The number of phenols is 1. The van der Waals surface area contributed by atoms with Gasteiger partial charge in [-0.05, 0) is 29.3 Å². The minimum Gasteiger partial charge on any atom is -0.504 e. The van der Waals surface area contributed by atoms with Gasteiger partial charge in [-0.1, -0.05) is 24.3 Å². The second-order valence-corrected chi connectivity index (χ2v) is 8.73. The molecule has 2 heterocycles. The van der Waals surface area contributed by atoms with Gasteiger partial charge in [0.15, 0.2) is 11.5 Å². The highest BCUT2D eigenvalue weighted by atomic mass is 19.1. The van der Waals surface area contributed by atoms with Gasteiger partial charge in [-0.2, -0.15) is 0 Å². The lowest BCUT2D eigenvalue weighted by Gasteiger charge is -2.42. The average Bonchev–Trinajstić information content (AvgIpc) is 3.09. The number of halogens is 1. The number of aromatic nitrogens is 2. The zero-order valence-corrected chi connectivity index (χ0v) is 20.0. The van der Waals surface area contributed by atoms with E-state index in [-0.39, 0.29) is 39.7 Å². The Labute approximate surface area is 213 Å². The molecule has 0 amide bonds. The zero-order valence-electron chi connectivity index (χ0n) is 20.0. The summed E-state index contributed by atoms with van der Waals surface area (Å²) < 4.78 is 24.8. The maximum absolute atomic E-state index is 14.2. The van der Waals surface area contributed by atoms with Crippen LogP contribution in [0, 0.1) is 5.82 Å². The maximum atomic E-state index is 14.2. The number of H-pyrrole nitrogens is 1. The van der Waals surface area contributed by atoms with E-state index >= 15 is 0 Å². The number of hydroxylamine groups is 2. The van der Waals surface area contributed by atoms with E-state index in [0.29, 0.717) is 4.57 Å². The number of benzene rings is 2. The van der Waals surface area contributed by atoms with Crippen LogP contribution in [0.2, 0.25) is 0 Å². The molecule has 0 saturated carbocycles. The van der Waals surface area contributed by atoms with E-state index in [9.17, 15) is 44.7 Å². The zero-order chi connectivity index (χ0) is 27.8. The van der Waals surface area contributed by atoms with Gasteiger partial charge in [0.2, 0.25) is 5.72 Å². The van der Waals surface area contributed by atoms with Gasteiger partial charge in [-0.15, -0.1) is 5.06 Å². The molecule has 1 fully saturated rings. The van der Waals surface area contributed by atoms with Crippen molar-refractivity contribution in [3.8, 4) is 11.5 Å². The predicted molar refractivity (Wildman–Crippen MR) is 126 cm³/mol. The topological polar surface area (TPSA) is 198 Å². The molecule has 1 aliphatic heterocycles. The van der Waals surface area contributed by atoms with Gasteiger partial charge in [0.1, 0.15) is 18.0 Å². The Morgan fingerprint density at radius 3 is 2.55 bits per heavy atom. The highest BCUT2D eigenvalue weighted by Gasteiger charge is 2.70. The largest absolute Gasteiger partial charge is 0.504 e. The van der Waals surface area contributed by atoms with Crippen LogP contribution in [0.15, 0.2) is 58.3 Å². The van der Waals surface area contributed by atoms with Crippen molar-refractivity contribution in [2.24, 2.45) is 0 Å². The molecule has 204 valence electrons. The van der Waals surface area contributed by atoms with Crippen LogP contribution in [-0.4, -0.2) is 77.0 Å². The van der Waals surface area contributed by atoms with Crippen LogP contribution >= 0.6 is 0 Å². The van der Waals surface area contributed by atoms with Gasteiger partial charge >= 0.3 is 11.6 Å². The third-order valence-electron chi connectivity index (χ3n) is 6.39. The Bertz CT molecular complexity index is 1450. The molecule has 4 atom stereocenters. The van der Waals surface area contributed by atoms with Crippen molar-refractivity contribution in [1.82, 2.24) is 14.6 Å². The molecular formula is C24H26FN3O10. The summed E-state index contributed by atoms with van der Waals surface area (Å²) in [6, 6.07) is 9.40. The molecular weight excluding hydrogens is 509 g/mol. The Kier molecular flexibility index (Phi) is 7.40. The monoisotopic (exact) mass is 535 g/mol. The van der Waals surface area contributed by atoms with Gasteiger partial charge in [0.25, 0.3) is 5.56 Å². The Morgan fingerprint density at radius 1 is 1.18 bits per heavy atom. The normalized spacial score (nSPS) is 25.2. The summed E-state index contributed by atoms with van der Waals surface area (Å²) in [4.78, 5) is 27.2. The highest BCUT2D eigenvalue weighted by molar-refractivity contribution is 5.41. The van der Waals surface area contributed by atoms with E-state index < -0.39 is 54.1 Å². The second-order valence-electron chi connectivity index (χ2n) is 8.73. The number of aliphatic hydroxyl groups is 4. The number of nitrogens with one attached hydrogen (secondary N) is 1. The fourth-order valence-electron chi connectivity index (χ4n) is 4.33. The second kappa shape index (κ2) is 10.3. The van der Waals surface area contributed by atoms with Crippen LogP contribution in [0.1, 0.15) is 16.7 Å². The first kappa shape index (κ1) is 27.4. The summed E-state index contributed by atoms with van der Waals surface area (Å²) in [6.07, 6.45) is -3.44. The summed E-state index contributed by atoms with van der Waals surface area (Å²) in [7, 11) is 1.28. The number of aliphatic hydroxyl groups excluding tert-OH is 2. The number of nitrogens with zero attached hydrogens (tertiary/aromatic N) is 2. The summed E-state index contributed by atoms with van der Waals surface area (Å²) in [6.45, 7) is -1.57. The van der Waals surface area contributed by atoms with Gasteiger partial charge < -0.3 is 40.2 Å². The molecule has 0 radical (unpaired) electrons. The minimum atomic E-state index is -3.28. The molecule has 1 aromatic heterocycles. The van der Waals surface area contributed by atoms with Crippen molar-refractivity contribution in [3.05, 3.63) is 92.0 Å². The number of hydrogen-bond donors (Lipinski definition) is 7. The van der Waals surface area contributed by atoms with E-state index in [0.717, 1.165) is 12.3 Å². The molecule has 14 heteroatoms. The molecule has 7 N–H and O–H groups in total. The molecule has 0 aliphatic carbocycles. The lowest BCUT2D eigenvalue weighted by molar-refractivity contribution is -0.413. The molecule has 38 heavy (non-hydrogen) atoms. The maximum Gasteiger partial charge on any atom is 0.332 e. The SMILES string of the molecule is COc1cc(CN(O)[C@@]2(O)[C@H](O)[C@@H](CO)O[C@@]2(O)n2cc(Cc3ccccc3F)c(=O)[nH]c2=O)ccc1O. The summed E-state index contributed by atoms with van der Waals surface area (Å²) in [5.74, 6) is -4.12. The lowest BCUT2D eigenvalue weighted by Crippen LogP contribution is -2.68. The summed E-state index contributed by atoms with van der Waals surface area (Å²) in [5.41, 5.74) is -5.37. The molecule has 3 aromatic rings. The van der Waals surface area contributed by atoms with Gasteiger partial charge in [0, 0.05) is 18.2 Å². The van der Waals surface area contributed by atoms with Crippen molar-refractivity contribution in [3.63, 3.8) is 0 Å². The molecule has 1 aliphatic rings. The number of methoxy groups -OCH3 is 1. The van der Waals surface area contributed by atoms with Crippen molar-refractivity contribution >= 4 is 0 Å². The smallest absolute Gasteiger partial charge is 0.332 e. The lowest BCUT2D eigenvalue weighted by atomic mass is 9.99. The van der Waals surface area contributed by atoms with Crippen LogP contribution < -0.4 is 16.0 Å². The number of phenolic OH excluding ortho intramolecular Hbond substituents is 1. The number of hydrogen-bond acceptors (Lipinski definition) is 11. The first-order valence-corrected chi connectivity index (χ1v) is 11.3.